The van der Waals surface area contributed by atoms with Crippen molar-refractivity contribution in [2.45, 2.75) is 38.6 Å². The maximum atomic E-state index is 3.80. The third-order valence-corrected chi connectivity index (χ3v) is 6.07. The molecule has 2 atom stereocenters. The van der Waals surface area contributed by atoms with Crippen LogP contribution in [-0.4, -0.2) is 6.54 Å². The molecule has 1 aliphatic carbocycles. The van der Waals surface area contributed by atoms with Gasteiger partial charge in [0.05, 0.1) is 0 Å². The van der Waals surface area contributed by atoms with E-state index >= 15 is 0 Å². The SMILES string of the molecule is CCCNC1c2ccccc2CCC1Cc1cc(Br)cs1. The van der Waals surface area contributed by atoms with Crippen molar-refractivity contribution in [2.24, 2.45) is 5.92 Å². The molecule has 0 bridgehead atoms. The average molecular weight is 364 g/mol. The van der Waals surface area contributed by atoms with Gasteiger partial charge in [0.1, 0.15) is 0 Å². The predicted molar refractivity (Wildman–Crippen MR) is 95.0 cm³/mol. The maximum absolute atomic E-state index is 3.80. The molecule has 112 valence electrons. The van der Waals surface area contributed by atoms with E-state index in [1.807, 2.05) is 11.3 Å². The summed E-state index contributed by atoms with van der Waals surface area (Å²) in [7, 11) is 0. The van der Waals surface area contributed by atoms with Gasteiger partial charge in [-0.05, 0) is 71.3 Å². The summed E-state index contributed by atoms with van der Waals surface area (Å²) in [6.07, 6.45) is 4.88. The van der Waals surface area contributed by atoms with Gasteiger partial charge >= 0.3 is 0 Å². The monoisotopic (exact) mass is 363 g/mol. The van der Waals surface area contributed by atoms with Crippen LogP contribution in [0.1, 0.15) is 41.8 Å². The van der Waals surface area contributed by atoms with Crippen molar-refractivity contribution in [1.82, 2.24) is 5.32 Å². The standard InChI is InChI=1S/C18H22BrNS/c1-2-9-20-18-14(10-16-11-15(19)12-21-16)8-7-13-5-3-4-6-17(13)18/h3-6,11-12,14,18,20H,2,7-10H2,1H3. The summed E-state index contributed by atoms with van der Waals surface area (Å²) >= 11 is 5.45. The molecule has 0 saturated carbocycles. The fraction of sp³-hybridized carbons (Fsp3) is 0.444. The fourth-order valence-corrected chi connectivity index (χ4v) is 4.89. The van der Waals surface area contributed by atoms with E-state index in [-0.39, 0.29) is 0 Å². The Morgan fingerprint density at radius 2 is 2.19 bits per heavy atom. The first kappa shape index (κ1) is 15.3. The van der Waals surface area contributed by atoms with Crippen LogP contribution in [0.3, 0.4) is 0 Å². The Morgan fingerprint density at radius 1 is 1.33 bits per heavy atom. The Morgan fingerprint density at radius 3 is 2.95 bits per heavy atom. The number of halogens is 1. The lowest BCUT2D eigenvalue weighted by molar-refractivity contribution is 0.320. The summed E-state index contributed by atoms with van der Waals surface area (Å²) in [6, 6.07) is 11.8. The quantitative estimate of drug-likeness (QED) is 0.753. The molecule has 0 radical (unpaired) electrons. The molecule has 0 spiro atoms. The van der Waals surface area contributed by atoms with Gasteiger partial charge in [-0.25, -0.2) is 0 Å². The first-order chi connectivity index (χ1) is 10.3. The highest BCUT2D eigenvalue weighted by Gasteiger charge is 2.29. The molecule has 1 aromatic carbocycles. The van der Waals surface area contributed by atoms with Crippen LogP contribution in [0.5, 0.6) is 0 Å². The number of nitrogens with one attached hydrogen (secondary N) is 1. The molecular weight excluding hydrogens is 342 g/mol. The number of benzene rings is 1. The Balaban J connectivity index is 1.82. The van der Waals surface area contributed by atoms with Crippen molar-refractivity contribution in [3.8, 4) is 0 Å². The van der Waals surface area contributed by atoms with E-state index in [0.717, 1.165) is 6.54 Å². The highest BCUT2D eigenvalue weighted by Crippen LogP contribution is 2.37. The lowest BCUT2D eigenvalue weighted by Gasteiger charge is -2.34. The van der Waals surface area contributed by atoms with Gasteiger partial charge in [-0.3, -0.25) is 0 Å². The summed E-state index contributed by atoms with van der Waals surface area (Å²) in [5.41, 5.74) is 3.06. The number of fused-ring (bicyclic) bond motifs is 1. The van der Waals surface area contributed by atoms with E-state index in [1.54, 1.807) is 0 Å². The van der Waals surface area contributed by atoms with Crippen LogP contribution in [0, 0.1) is 5.92 Å². The molecular formula is C18H22BrNS. The number of thiophene rings is 1. The van der Waals surface area contributed by atoms with E-state index in [0.29, 0.717) is 12.0 Å². The molecule has 1 N–H and O–H groups in total. The number of rotatable bonds is 5. The Bertz CT molecular complexity index is 592. The van der Waals surface area contributed by atoms with Crippen LogP contribution >= 0.6 is 27.3 Å². The predicted octanol–water partition coefficient (Wildman–Crippen LogP) is 5.36. The van der Waals surface area contributed by atoms with Crippen molar-refractivity contribution in [2.75, 3.05) is 6.54 Å². The molecule has 21 heavy (non-hydrogen) atoms. The van der Waals surface area contributed by atoms with Gasteiger partial charge in [-0.1, -0.05) is 31.2 Å². The third-order valence-electron chi connectivity index (χ3n) is 4.35. The lowest BCUT2D eigenvalue weighted by atomic mass is 9.78. The van der Waals surface area contributed by atoms with Crippen LogP contribution in [0.4, 0.5) is 0 Å². The normalized spacial score (nSPS) is 21.2. The molecule has 3 heteroatoms. The minimum absolute atomic E-state index is 0.510. The second-order valence-electron chi connectivity index (χ2n) is 5.86. The number of hydrogen-bond donors (Lipinski definition) is 1. The minimum atomic E-state index is 0.510. The zero-order chi connectivity index (χ0) is 14.7. The molecule has 2 unspecified atom stereocenters. The Kier molecular flexibility index (Phi) is 5.15. The lowest BCUT2D eigenvalue weighted by Crippen LogP contribution is -2.34. The first-order valence-corrected chi connectivity index (χ1v) is 9.49. The second-order valence-corrected chi connectivity index (χ2v) is 7.78. The van der Waals surface area contributed by atoms with Gasteiger partial charge in [0, 0.05) is 20.8 Å². The van der Waals surface area contributed by atoms with Crippen LogP contribution in [0.15, 0.2) is 40.2 Å². The second kappa shape index (κ2) is 7.08. The minimum Gasteiger partial charge on any atom is -0.310 e. The topological polar surface area (TPSA) is 12.0 Å². The molecule has 0 saturated heterocycles. The highest BCUT2D eigenvalue weighted by molar-refractivity contribution is 9.10. The maximum Gasteiger partial charge on any atom is 0.0354 e. The smallest absolute Gasteiger partial charge is 0.0354 e. The number of hydrogen-bond acceptors (Lipinski definition) is 2. The van der Waals surface area contributed by atoms with Gasteiger partial charge in [0.15, 0.2) is 0 Å². The molecule has 0 amide bonds. The number of aryl methyl sites for hydroxylation is 1. The molecule has 1 aromatic heterocycles. The summed E-state index contributed by atoms with van der Waals surface area (Å²) in [4.78, 5) is 1.49. The molecule has 1 heterocycles. The molecule has 1 aliphatic rings. The zero-order valence-corrected chi connectivity index (χ0v) is 14.8. The molecule has 3 rings (SSSR count). The summed E-state index contributed by atoms with van der Waals surface area (Å²) in [5, 5.41) is 5.99. The van der Waals surface area contributed by atoms with Crippen LogP contribution < -0.4 is 5.32 Å². The zero-order valence-electron chi connectivity index (χ0n) is 12.4. The summed E-state index contributed by atoms with van der Waals surface area (Å²) < 4.78 is 1.22. The van der Waals surface area contributed by atoms with Crippen LogP contribution in [0.2, 0.25) is 0 Å². The Labute approximate surface area is 139 Å². The van der Waals surface area contributed by atoms with E-state index < -0.39 is 0 Å². The molecule has 1 nitrogen and oxygen atoms in total. The van der Waals surface area contributed by atoms with Gasteiger partial charge in [-0.15, -0.1) is 11.3 Å². The Hall–Kier alpha value is -0.640. The van der Waals surface area contributed by atoms with Gasteiger partial charge in [0.25, 0.3) is 0 Å². The van der Waals surface area contributed by atoms with E-state index in [4.69, 9.17) is 0 Å². The van der Waals surface area contributed by atoms with Gasteiger partial charge in [0.2, 0.25) is 0 Å². The van der Waals surface area contributed by atoms with Crippen LogP contribution in [-0.2, 0) is 12.8 Å². The van der Waals surface area contributed by atoms with Crippen molar-refractivity contribution >= 4 is 27.3 Å². The van der Waals surface area contributed by atoms with Gasteiger partial charge in [-0.2, -0.15) is 0 Å². The van der Waals surface area contributed by atoms with Crippen molar-refractivity contribution in [1.29, 1.82) is 0 Å². The fourth-order valence-electron chi connectivity index (χ4n) is 3.34. The molecule has 0 aliphatic heterocycles. The van der Waals surface area contributed by atoms with E-state index in [1.165, 1.54) is 46.2 Å². The molecule has 2 aromatic rings. The highest BCUT2D eigenvalue weighted by atomic mass is 79.9. The molecule has 0 fully saturated rings. The van der Waals surface area contributed by atoms with Crippen LogP contribution in [0.25, 0.3) is 0 Å². The van der Waals surface area contributed by atoms with Crippen molar-refractivity contribution < 1.29 is 0 Å². The van der Waals surface area contributed by atoms with Crippen molar-refractivity contribution in [3.63, 3.8) is 0 Å². The van der Waals surface area contributed by atoms with Crippen molar-refractivity contribution in [3.05, 3.63) is 56.2 Å². The van der Waals surface area contributed by atoms with E-state index in [2.05, 4.69) is 63.9 Å². The summed E-state index contributed by atoms with van der Waals surface area (Å²) in [6.45, 7) is 3.34. The van der Waals surface area contributed by atoms with Gasteiger partial charge < -0.3 is 5.32 Å². The average Bonchev–Trinajstić information content (AvgIpc) is 2.91. The third kappa shape index (κ3) is 3.58. The van der Waals surface area contributed by atoms with E-state index in [9.17, 15) is 0 Å². The summed E-state index contributed by atoms with van der Waals surface area (Å²) in [5.74, 6) is 0.706. The largest absolute Gasteiger partial charge is 0.310 e. The first-order valence-electron chi connectivity index (χ1n) is 7.82.